The Balaban J connectivity index is 1.27. The molecule has 0 spiro atoms. The minimum Gasteiger partial charge on any atom is -0.457 e. The summed E-state index contributed by atoms with van der Waals surface area (Å²) in [6, 6.07) is 27.2. The number of ether oxygens (including phenoxy) is 4. The molecule has 0 unspecified atom stereocenters. The van der Waals surface area contributed by atoms with Crippen LogP contribution < -0.4 is 25.8 Å². The molecule has 1 aliphatic carbocycles. The highest BCUT2D eigenvalue weighted by atomic mass is 16.6. The van der Waals surface area contributed by atoms with E-state index in [9.17, 15) is 14.4 Å². The van der Waals surface area contributed by atoms with Gasteiger partial charge in [0.1, 0.15) is 35.2 Å². The van der Waals surface area contributed by atoms with Gasteiger partial charge in [-0.3, -0.25) is 4.79 Å². The second-order valence-electron chi connectivity index (χ2n) is 13.2. The smallest absolute Gasteiger partial charge is 0.407 e. The van der Waals surface area contributed by atoms with Gasteiger partial charge in [0.05, 0.1) is 5.56 Å². The van der Waals surface area contributed by atoms with Crippen molar-refractivity contribution in [2.75, 3.05) is 0 Å². The maximum atomic E-state index is 13.6. The van der Waals surface area contributed by atoms with Crippen molar-refractivity contribution in [3.8, 4) is 23.0 Å². The third kappa shape index (κ3) is 11.0. The average molecular weight is 695 g/mol. The molecule has 0 radical (unpaired) electrons. The predicted octanol–water partition coefficient (Wildman–Crippen LogP) is 7.29. The molecule has 51 heavy (non-hydrogen) atoms. The van der Waals surface area contributed by atoms with E-state index in [-0.39, 0.29) is 30.4 Å². The van der Waals surface area contributed by atoms with Gasteiger partial charge in [0.15, 0.2) is 5.84 Å². The van der Waals surface area contributed by atoms with E-state index < -0.39 is 17.7 Å². The molecule has 4 aromatic carbocycles. The first kappa shape index (κ1) is 36.2. The number of carbonyl (C=O) groups is 3. The van der Waals surface area contributed by atoms with Crippen LogP contribution in [-0.2, 0) is 16.1 Å². The van der Waals surface area contributed by atoms with Gasteiger partial charge in [-0.15, -0.1) is 0 Å². The molecule has 2 amide bonds. The number of benzene rings is 4. The zero-order valence-corrected chi connectivity index (χ0v) is 28.8. The van der Waals surface area contributed by atoms with E-state index in [0.717, 1.165) is 5.56 Å². The highest BCUT2D eigenvalue weighted by Gasteiger charge is 2.26. The molecule has 5 rings (SSSR count). The summed E-state index contributed by atoms with van der Waals surface area (Å²) in [5.74, 6) is 0.719. The predicted molar refractivity (Wildman–Crippen MR) is 190 cm³/mol. The lowest BCUT2D eigenvalue weighted by molar-refractivity contribution is 0.0468. The first-order valence-electron chi connectivity index (χ1n) is 16.6. The monoisotopic (exact) mass is 694 g/mol. The van der Waals surface area contributed by atoms with Crippen LogP contribution >= 0.6 is 0 Å². The molecule has 0 aliphatic heterocycles. The topological polar surface area (TPSA) is 171 Å². The molecule has 266 valence electrons. The van der Waals surface area contributed by atoms with Crippen molar-refractivity contribution in [1.82, 2.24) is 10.6 Å². The molecular weight excluding hydrogens is 652 g/mol. The van der Waals surface area contributed by atoms with E-state index in [1.54, 1.807) is 66.7 Å². The molecule has 0 saturated heterocycles. The molecule has 1 saturated carbocycles. The summed E-state index contributed by atoms with van der Waals surface area (Å²) in [4.78, 5) is 38.4. The molecule has 12 heteroatoms. The maximum absolute atomic E-state index is 13.6. The van der Waals surface area contributed by atoms with Crippen LogP contribution in [0.3, 0.4) is 0 Å². The Bertz CT molecular complexity index is 1830. The van der Waals surface area contributed by atoms with Gasteiger partial charge in [-0.2, -0.15) is 0 Å². The van der Waals surface area contributed by atoms with Crippen molar-refractivity contribution in [2.24, 2.45) is 10.9 Å². The molecule has 4 aromatic rings. The minimum atomic E-state index is -0.581. The summed E-state index contributed by atoms with van der Waals surface area (Å²) in [7, 11) is 0. The normalized spacial score (nSPS) is 16.0. The van der Waals surface area contributed by atoms with Gasteiger partial charge in [-0.25, -0.2) is 9.59 Å². The van der Waals surface area contributed by atoms with Crippen LogP contribution in [0.5, 0.6) is 23.0 Å². The molecule has 1 aliphatic rings. The molecule has 1 fully saturated rings. The third-order valence-electron chi connectivity index (χ3n) is 7.96. The zero-order chi connectivity index (χ0) is 36.4. The Kier molecular flexibility index (Phi) is 11.8. The quantitative estimate of drug-likeness (QED) is 0.0414. The lowest BCUT2D eigenvalue weighted by Gasteiger charge is -2.30. The van der Waals surface area contributed by atoms with Gasteiger partial charge in [0.2, 0.25) is 0 Å². The summed E-state index contributed by atoms with van der Waals surface area (Å²) >= 11 is 0. The number of alkyl carbamates (subject to hydrolysis) is 1. The van der Waals surface area contributed by atoms with Crippen molar-refractivity contribution in [2.45, 2.75) is 70.7 Å². The fraction of sp³-hybridized carbons (Fsp3) is 0.282. The van der Waals surface area contributed by atoms with Gasteiger partial charge in [-0.1, -0.05) is 35.5 Å². The lowest BCUT2D eigenvalue weighted by Crippen LogP contribution is -2.45. The van der Waals surface area contributed by atoms with E-state index in [4.69, 9.17) is 29.9 Å². The lowest BCUT2D eigenvalue weighted by atomic mass is 9.91. The van der Waals surface area contributed by atoms with Gasteiger partial charge in [-0.05, 0) is 113 Å². The van der Waals surface area contributed by atoms with E-state index in [2.05, 4.69) is 15.8 Å². The van der Waals surface area contributed by atoms with E-state index in [1.165, 1.54) is 0 Å². The summed E-state index contributed by atoms with van der Waals surface area (Å²) in [6.45, 7) is 5.61. The molecule has 0 atom stereocenters. The number of amides is 2. The standard InChI is InChI=1S/C39H42N4O8/c1-39(2,3)51-38(46)42-30-15-13-29(14-16-30)41-36(44)28-21-33(49-31-17-9-26(10-18-31)35(40)43-47)23-34(22-28)50-32-19-11-27(12-20-32)37(45)48-24-25-7-5-4-6-8-25/h4-12,17-23,29-30,47H,13-16,24H2,1-3H3,(H2,40,43)(H,41,44)(H,42,46). The number of rotatable bonds is 11. The number of esters is 1. The highest BCUT2D eigenvalue weighted by Crippen LogP contribution is 2.31. The number of carbonyl (C=O) groups excluding carboxylic acids is 3. The molecule has 12 nitrogen and oxygen atoms in total. The van der Waals surface area contributed by atoms with Crippen molar-refractivity contribution in [3.63, 3.8) is 0 Å². The van der Waals surface area contributed by atoms with Gasteiger partial charge >= 0.3 is 12.1 Å². The molecular formula is C39H42N4O8. The Morgan fingerprint density at radius 1 is 0.725 bits per heavy atom. The van der Waals surface area contributed by atoms with Crippen LogP contribution in [0.2, 0.25) is 0 Å². The van der Waals surface area contributed by atoms with Gasteiger partial charge in [0, 0.05) is 29.3 Å². The number of nitrogens with zero attached hydrogens (tertiary/aromatic N) is 1. The Morgan fingerprint density at radius 2 is 1.25 bits per heavy atom. The van der Waals surface area contributed by atoms with Crippen LogP contribution in [0, 0.1) is 0 Å². The number of hydrogen-bond donors (Lipinski definition) is 4. The largest absolute Gasteiger partial charge is 0.457 e. The van der Waals surface area contributed by atoms with E-state index in [0.29, 0.717) is 65.4 Å². The minimum absolute atomic E-state index is 0.0350. The molecule has 0 aromatic heterocycles. The number of oxime groups is 1. The first-order chi connectivity index (χ1) is 24.4. The van der Waals surface area contributed by atoms with Crippen molar-refractivity contribution >= 4 is 23.8 Å². The second-order valence-corrected chi connectivity index (χ2v) is 13.2. The summed E-state index contributed by atoms with van der Waals surface area (Å²) in [6.07, 6.45) is 2.30. The zero-order valence-electron chi connectivity index (χ0n) is 28.8. The number of nitrogens with one attached hydrogen (secondary N) is 2. The Hall–Kier alpha value is -6.04. The molecule has 0 bridgehead atoms. The fourth-order valence-corrected chi connectivity index (χ4v) is 5.43. The Labute approximate surface area is 296 Å². The van der Waals surface area contributed by atoms with Crippen LogP contribution in [0.15, 0.2) is 102 Å². The van der Waals surface area contributed by atoms with Gasteiger partial charge in [0.25, 0.3) is 5.91 Å². The second kappa shape index (κ2) is 16.6. The van der Waals surface area contributed by atoms with Crippen LogP contribution in [0.1, 0.15) is 78.3 Å². The van der Waals surface area contributed by atoms with Crippen LogP contribution in [0.25, 0.3) is 0 Å². The van der Waals surface area contributed by atoms with Gasteiger partial charge < -0.3 is 40.5 Å². The van der Waals surface area contributed by atoms with Crippen molar-refractivity contribution in [3.05, 3.63) is 119 Å². The molecule has 0 heterocycles. The van der Waals surface area contributed by atoms with Crippen molar-refractivity contribution in [1.29, 1.82) is 0 Å². The summed E-state index contributed by atoms with van der Waals surface area (Å²) < 4.78 is 23.0. The van der Waals surface area contributed by atoms with Crippen LogP contribution in [0.4, 0.5) is 4.79 Å². The van der Waals surface area contributed by atoms with Crippen molar-refractivity contribution < 1.29 is 38.5 Å². The molecule has 5 N–H and O–H groups in total. The average Bonchev–Trinajstić information content (AvgIpc) is 3.11. The summed E-state index contributed by atoms with van der Waals surface area (Å²) in [5, 5.41) is 18.0. The van der Waals surface area contributed by atoms with E-state index in [1.807, 2.05) is 51.1 Å². The van der Waals surface area contributed by atoms with E-state index >= 15 is 0 Å². The number of nitrogens with two attached hydrogens (primary N) is 1. The fourth-order valence-electron chi connectivity index (χ4n) is 5.43. The third-order valence-corrected chi connectivity index (χ3v) is 7.96. The van der Waals surface area contributed by atoms with Crippen LogP contribution in [-0.4, -0.2) is 46.7 Å². The summed E-state index contributed by atoms with van der Waals surface area (Å²) in [5.41, 5.74) is 7.17. The number of hydrogen-bond acceptors (Lipinski definition) is 9. The SMILES string of the molecule is CC(C)(C)OC(=O)NC1CCC(NC(=O)c2cc(Oc3ccc(C(=O)OCc4ccccc4)cc3)cc(Oc3ccc(C(N)=NO)cc3)c2)CC1. The first-order valence-corrected chi connectivity index (χ1v) is 16.6. The number of amidine groups is 1. The highest BCUT2D eigenvalue weighted by molar-refractivity contribution is 5.97. The maximum Gasteiger partial charge on any atom is 0.407 e. The Morgan fingerprint density at radius 3 is 1.78 bits per heavy atom.